The molecule has 1 aliphatic heterocycles. The number of alkyl halides is 3. The van der Waals surface area contributed by atoms with E-state index in [2.05, 4.69) is 25.2 Å². The molecule has 4 rings (SSSR count). The number of hydrogen-bond donors (Lipinski definition) is 0. The average Bonchev–Trinajstić information content (AvgIpc) is 3.12. The summed E-state index contributed by atoms with van der Waals surface area (Å²) in [6.07, 6.45) is -1.11. The maximum absolute atomic E-state index is 13.0. The van der Waals surface area contributed by atoms with Crippen molar-refractivity contribution >= 4 is 17.3 Å². The first-order valence-electron chi connectivity index (χ1n) is 8.62. The quantitative estimate of drug-likeness (QED) is 0.699. The Labute approximate surface area is 153 Å². The van der Waals surface area contributed by atoms with E-state index in [0.717, 1.165) is 23.2 Å². The highest BCUT2D eigenvalue weighted by molar-refractivity contribution is 5.47. The highest BCUT2D eigenvalue weighted by atomic mass is 19.4. The maximum atomic E-state index is 13.0. The fourth-order valence-corrected chi connectivity index (χ4v) is 3.36. The van der Waals surface area contributed by atoms with Crippen LogP contribution in [0.15, 0.2) is 36.5 Å². The summed E-state index contributed by atoms with van der Waals surface area (Å²) in [7, 11) is 2.01. The molecule has 7 nitrogen and oxygen atoms in total. The van der Waals surface area contributed by atoms with Crippen LogP contribution in [-0.2, 0) is 6.18 Å². The van der Waals surface area contributed by atoms with E-state index in [4.69, 9.17) is 0 Å². The predicted molar refractivity (Wildman–Crippen MR) is 93.7 cm³/mol. The van der Waals surface area contributed by atoms with E-state index < -0.39 is 12.0 Å². The molecule has 0 spiro atoms. The molecule has 0 radical (unpaired) electrons. The van der Waals surface area contributed by atoms with Gasteiger partial charge in [0.05, 0.1) is 0 Å². The van der Waals surface area contributed by atoms with Crippen molar-refractivity contribution < 1.29 is 13.2 Å². The molecule has 0 amide bonds. The Bertz CT molecular complexity index is 917. The lowest BCUT2D eigenvalue weighted by atomic mass is 10.0. The van der Waals surface area contributed by atoms with Crippen molar-refractivity contribution in [2.24, 2.45) is 0 Å². The molecule has 0 bridgehead atoms. The van der Waals surface area contributed by atoms with E-state index in [-0.39, 0.29) is 5.65 Å². The third-order valence-electron chi connectivity index (χ3n) is 4.85. The molecular formula is C17H18F3N7. The summed E-state index contributed by atoms with van der Waals surface area (Å²) in [6, 6.07) is 9.31. The Kier molecular flexibility index (Phi) is 4.33. The maximum Gasteiger partial charge on any atom is 0.453 e. The average molecular weight is 377 g/mol. The van der Waals surface area contributed by atoms with Gasteiger partial charge in [-0.1, -0.05) is 6.07 Å². The van der Waals surface area contributed by atoms with Gasteiger partial charge in [-0.25, -0.2) is 4.98 Å². The van der Waals surface area contributed by atoms with Crippen LogP contribution in [0.25, 0.3) is 5.65 Å². The van der Waals surface area contributed by atoms with Gasteiger partial charge in [0.2, 0.25) is 0 Å². The molecule has 142 valence electrons. The Balaban J connectivity index is 1.50. The van der Waals surface area contributed by atoms with Crippen molar-refractivity contribution in [3.63, 3.8) is 0 Å². The summed E-state index contributed by atoms with van der Waals surface area (Å²) in [5, 5.41) is 10.9. The lowest BCUT2D eigenvalue weighted by Gasteiger charge is -2.37. The Morgan fingerprint density at radius 2 is 1.85 bits per heavy atom. The van der Waals surface area contributed by atoms with E-state index in [1.807, 2.05) is 30.1 Å². The molecule has 4 heterocycles. The van der Waals surface area contributed by atoms with Crippen LogP contribution in [0.2, 0.25) is 0 Å². The van der Waals surface area contributed by atoms with Gasteiger partial charge < -0.3 is 9.80 Å². The summed E-state index contributed by atoms with van der Waals surface area (Å²) >= 11 is 0. The molecule has 1 aliphatic rings. The molecule has 10 heteroatoms. The zero-order valence-corrected chi connectivity index (χ0v) is 14.6. The van der Waals surface area contributed by atoms with Crippen LogP contribution in [-0.4, -0.2) is 51.0 Å². The van der Waals surface area contributed by atoms with Gasteiger partial charge in [0.25, 0.3) is 5.82 Å². The minimum atomic E-state index is -4.59. The van der Waals surface area contributed by atoms with Gasteiger partial charge >= 0.3 is 6.18 Å². The lowest BCUT2D eigenvalue weighted by molar-refractivity contribution is -0.146. The second-order valence-corrected chi connectivity index (χ2v) is 6.50. The van der Waals surface area contributed by atoms with Crippen LogP contribution in [0.1, 0.15) is 18.7 Å². The van der Waals surface area contributed by atoms with Gasteiger partial charge in [-0.05, 0) is 37.1 Å². The van der Waals surface area contributed by atoms with E-state index in [1.54, 1.807) is 12.3 Å². The molecule has 0 unspecified atom stereocenters. The monoisotopic (exact) mass is 377 g/mol. The third kappa shape index (κ3) is 3.38. The molecule has 3 aromatic rings. The van der Waals surface area contributed by atoms with Crippen molar-refractivity contribution in [3.05, 3.63) is 42.4 Å². The summed E-state index contributed by atoms with van der Waals surface area (Å²) in [6.45, 7) is 1.40. The molecule has 27 heavy (non-hydrogen) atoms. The number of anilines is 2. The highest BCUT2D eigenvalue weighted by Gasteiger charge is 2.38. The number of pyridine rings is 1. The first-order valence-corrected chi connectivity index (χ1v) is 8.62. The standard InChI is InChI=1S/C17H18F3N7/c1-25(13-4-2-3-9-21-13)12-7-10-26(11-8-12)15-6-5-14-22-23-16(17(18,19)20)27(14)24-15/h2-6,9,12H,7-8,10-11H2,1H3. The zero-order chi connectivity index (χ0) is 19.0. The van der Waals surface area contributed by atoms with Crippen molar-refractivity contribution in [3.8, 4) is 0 Å². The number of fused-ring (bicyclic) bond motifs is 1. The smallest absolute Gasteiger partial charge is 0.357 e. The summed E-state index contributed by atoms with van der Waals surface area (Å²) in [5.41, 5.74) is 0.0795. The topological polar surface area (TPSA) is 62.5 Å². The molecular weight excluding hydrogens is 359 g/mol. The van der Waals surface area contributed by atoms with Crippen LogP contribution in [0.4, 0.5) is 24.8 Å². The van der Waals surface area contributed by atoms with Crippen LogP contribution in [0, 0.1) is 0 Å². The molecule has 0 aliphatic carbocycles. The van der Waals surface area contributed by atoms with Crippen LogP contribution >= 0.6 is 0 Å². The van der Waals surface area contributed by atoms with E-state index in [0.29, 0.717) is 24.9 Å². The van der Waals surface area contributed by atoms with E-state index in [1.165, 1.54) is 6.07 Å². The molecule has 1 fully saturated rings. The first-order chi connectivity index (χ1) is 12.9. The minimum Gasteiger partial charge on any atom is -0.357 e. The first kappa shape index (κ1) is 17.5. The Morgan fingerprint density at radius 1 is 1.07 bits per heavy atom. The van der Waals surface area contributed by atoms with Gasteiger partial charge in [-0.2, -0.15) is 17.7 Å². The highest BCUT2D eigenvalue weighted by Crippen LogP contribution is 2.28. The second kappa shape index (κ2) is 6.67. The number of aromatic nitrogens is 5. The number of piperidine rings is 1. The number of nitrogens with zero attached hydrogens (tertiary/aromatic N) is 7. The predicted octanol–water partition coefficient (Wildman–Crippen LogP) is 2.64. The zero-order valence-electron chi connectivity index (χ0n) is 14.6. The SMILES string of the molecule is CN(c1ccccn1)C1CCN(c2ccc3nnc(C(F)(F)F)n3n2)CC1. The van der Waals surface area contributed by atoms with E-state index in [9.17, 15) is 13.2 Å². The fourth-order valence-electron chi connectivity index (χ4n) is 3.36. The van der Waals surface area contributed by atoms with Crippen LogP contribution < -0.4 is 9.80 Å². The van der Waals surface area contributed by atoms with Crippen molar-refractivity contribution in [2.45, 2.75) is 25.1 Å². The van der Waals surface area contributed by atoms with Gasteiger partial charge in [-0.3, -0.25) is 0 Å². The molecule has 3 aromatic heterocycles. The largest absolute Gasteiger partial charge is 0.453 e. The Hall–Kier alpha value is -2.91. The van der Waals surface area contributed by atoms with Gasteiger partial charge in [0.15, 0.2) is 5.65 Å². The van der Waals surface area contributed by atoms with E-state index >= 15 is 0 Å². The normalized spacial score (nSPS) is 16.1. The molecule has 0 atom stereocenters. The molecule has 0 N–H and O–H groups in total. The second-order valence-electron chi connectivity index (χ2n) is 6.50. The molecule has 0 saturated carbocycles. The number of rotatable bonds is 3. The number of hydrogen-bond acceptors (Lipinski definition) is 6. The van der Waals surface area contributed by atoms with Gasteiger partial charge in [0, 0.05) is 32.4 Å². The minimum absolute atomic E-state index is 0.0795. The Morgan fingerprint density at radius 3 is 2.52 bits per heavy atom. The van der Waals surface area contributed by atoms with Crippen molar-refractivity contribution in [1.29, 1.82) is 0 Å². The summed E-state index contributed by atoms with van der Waals surface area (Å²) in [5.74, 6) is 0.297. The molecule has 0 aromatic carbocycles. The number of halogens is 3. The van der Waals surface area contributed by atoms with Gasteiger partial charge in [-0.15, -0.1) is 15.3 Å². The third-order valence-corrected chi connectivity index (χ3v) is 4.85. The lowest BCUT2D eigenvalue weighted by Crippen LogP contribution is -2.44. The van der Waals surface area contributed by atoms with Crippen LogP contribution in [0.3, 0.4) is 0 Å². The van der Waals surface area contributed by atoms with Crippen molar-refractivity contribution in [1.82, 2.24) is 24.8 Å². The fraction of sp³-hybridized carbons (Fsp3) is 0.412. The molecule has 1 saturated heterocycles. The summed E-state index contributed by atoms with van der Waals surface area (Å²) in [4.78, 5) is 8.50. The summed E-state index contributed by atoms with van der Waals surface area (Å²) < 4.78 is 39.9. The van der Waals surface area contributed by atoms with Crippen molar-refractivity contribution in [2.75, 3.05) is 29.9 Å². The van der Waals surface area contributed by atoms with Gasteiger partial charge in [0.1, 0.15) is 11.6 Å². The van der Waals surface area contributed by atoms with Crippen LogP contribution in [0.5, 0.6) is 0 Å².